The maximum atomic E-state index is 12.2. The largest absolute Gasteiger partial charge is 0.492 e. The number of nitriles is 1. The Labute approximate surface area is 222 Å². The highest BCUT2D eigenvalue weighted by Crippen LogP contribution is 2.44. The number of aromatic nitrogens is 1. The average Bonchev–Trinajstić information content (AvgIpc) is 2.91. The number of nitrogens with zero attached hydrogens (tertiary/aromatic N) is 3. The Bertz CT molecular complexity index is 1290. The van der Waals surface area contributed by atoms with Gasteiger partial charge in [-0.15, -0.1) is 0 Å². The summed E-state index contributed by atoms with van der Waals surface area (Å²) < 4.78 is 11.7. The molecular weight excluding hydrogens is 490 g/mol. The van der Waals surface area contributed by atoms with Gasteiger partial charge in [-0.25, -0.2) is 0 Å². The van der Waals surface area contributed by atoms with Crippen molar-refractivity contribution in [3.63, 3.8) is 0 Å². The summed E-state index contributed by atoms with van der Waals surface area (Å²) in [6.45, 7) is 5.00. The standard InChI is InChI=1S/C28H30ClN5O3/c1-4-27(35)33-23-13-21-24(14-26(23)36-5-2)34(3)16-18(15-30)28(21)32-19-9-10-25(22(29)12-19)37-17-20-8-6-7-11-31-20/h6-14,18,28,32H,4-5,16-17H2,1-3H3,(H,33,35). The van der Waals surface area contributed by atoms with Gasteiger partial charge >= 0.3 is 0 Å². The van der Waals surface area contributed by atoms with Crippen molar-refractivity contribution in [1.82, 2.24) is 4.98 Å². The normalized spacial score (nSPS) is 16.4. The monoisotopic (exact) mass is 519 g/mol. The zero-order valence-corrected chi connectivity index (χ0v) is 21.9. The highest BCUT2D eigenvalue weighted by atomic mass is 35.5. The van der Waals surface area contributed by atoms with Gasteiger partial charge in [-0.3, -0.25) is 9.78 Å². The minimum Gasteiger partial charge on any atom is -0.492 e. The summed E-state index contributed by atoms with van der Waals surface area (Å²) in [5.41, 5.74) is 3.97. The topological polar surface area (TPSA) is 99.5 Å². The maximum absolute atomic E-state index is 12.2. The first-order valence-corrected chi connectivity index (χ1v) is 12.6. The summed E-state index contributed by atoms with van der Waals surface area (Å²) in [5.74, 6) is 0.689. The number of anilines is 3. The molecule has 0 bridgehead atoms. The lowest BCUT2D eigenvalue weighted by molar-refractivity contribution is -0.115. The molecule has 2 N–H and O–H groups in total. The molecule has 2 heterocycles. The molecule has 0 saturated carbocycles. The Balaban J connectivity index is 1.62. The van der Waals surface area contributed by atoms with Gasteiger partial charge in [0.05, 0.1) is 41.0 Å². The van der Waals surface area contributed by atoms with Gasteiger partial charge in [-0.05, 0) is 43.3 Å². The molecule has 8 nitrogen and oxygen atoms in total. The molecule has 192 valence electrons. The quantitative estimate of drug-likeness (QED) is 0.368. The van der Waals surface area contributed by atoms with Crippen LogP contribution in [0.1, 0.15) is 37.6 Å². The van der Waals surface area contributed by atoms with Crippen LogP contribution in [0.3, 0.4) is 0 Å². The minimum atomic E-state index is -0.343. The number of rotatable bonds is 9. The number of amides is 1. The fourth-order valence-electron chi connectivity index (χ4n) is 4.31. The number of pyridine rings is 1. The van der Waals surface area contributed by atoms with Crippen LogP contribution in [0.4, 0.5) is 17.1 Å². The summed E-state index contributed by atoms with van der Waals surface area (Å²) in [6.07, 6.45) is 2.06. The van der Waals surface area contributed by atoms with Crippen molar-refractivity contribution < 1.29 is 14.3 Å². The Morgan fingerprint density at radius 1 is 1.19 bits per heavy atom. The Kier molecular flexibility index (Phi) is 8.36. The number of carbonyl (C=O) groups excluding carboxylic acids is 1. The molecule has 9 heteroatoms. The van der Waals surface area contributed by atoms with Crippen LogP contribution < -0.4 is 25.0 Å². The first kappa shape index (κ1) is 26.1. The van der Waals surface area contributed by atoms with Crippen molar-refractivity contribution in [3.05, 3.63) is 71.0 Å². The molecule has 1 amide bonds. The van der Waals surface area contributed by atoms with Crippen LogP contribution in [0.25, 0.3) is 0 Å². The van der Waals surface area contributed by atoms with Gasteiger partial charge in [0.1, 0.15) is 18.1 Å². The number of nitrogens with one attached hydrogen (secondary N) is 2. The number of hydrogen-bond acceptors (Lipinski definition) is 7. The second-order valence-corrected chi connectivity index (χ2v) is 9.14. The first-order chi connectivity index (χ1) is 17.9. The third-order valence-electron chi connectivity index (χ3n) is 6.16. The number of ether oxygens (including phenoxy) is 2. The third kappa shape index (κ3) is 6.07. The van der Waals surface area contributed by atoms with Crippen LogP contribution >= 0.6 is 11.6 Å². The summed E-state index contributed by atoms with van der Waals surface area (Å²) in [6, 6.07) is 17.0. The predicted octanol–water partition coefficient (Wildman–Crippen LogP) is 5.80. The van der Waals surface area contributed by atoms with Crippen molar-refractivity contribution in [1.29, 1.82) is 5.26 Å². The van der Waals surface area contributed by atoms with Gasteiger partial charge in [0.15, 0.2) is 0 Å². The van der Waals surface area contributed by atoms with Crippen LogP contribution in [-0.4, -0.2) is 31.1 Å². The Morgan fingerprint density at radius 3 is 2.70 bits per heavy atom. The molecule has 4 rings (SSSR count). The van der Waals surface area contributed by atoms with E-state index in [-0.39, 0.29) is 17.9 Å². The number of benzene rings is 2. The summed E-state index contributed by atoms with van der Waals surface area (Å²) in [7, 11) is 1.95. The van der Waals surface area contributed by atoms with Crippen molar-refractivity contribution in [2.75, 3.05) is 35.7 Å². The van der Waals surface area contributed by atoms with Crippen LogP contribution in [0.2, 0.25) is 5.02 Å². The minimum absolute atomic E-state index is 0.112. The smallest absolute Gasteiger partial charge is 0.224 e. The molecule has 37 heavy (non-hydrogen) atoms. The number of fused-ring (bicyclic) bond motifs is 1. The molecule has 2 unspecified atom stereocenters. The van der Waals surface area contributed by atoms with E-state index in [0.29, 0.717) is 48.4 Å². The van der Waals surface area contributed by atoms with Crippen LogP contribution in [0.15, 0.2) is 54.7 Å². The molecule has 0 aliphatic carbocycles. The number of halogens is 1. The zero-order chi connectivity index (χ0) is 26.4. The van der Waals surface area contributed by atoms with E-state index in [4.69, 9.17) is 21.1 Å². The summed E-state index contributed by atoms with van der Waals surface area (Å²) >= 11 is 6.54. The highest BCUT2D eigenvalue weighted by Gasteiger charge is 2.34. The summed E-state index contributed by atoms with van der Waals surface area (Å²) in [5, 5.41) is 16.9. The van der Waals surface area contributed by atoms with Gasteiger partial charge in [0, 0.05) is 49.2 Å². The van der Waals surface area contributed by atoms with E-state index in [1.165, 1.54) is 0 Å². The van der Waals surface area contributed by atoms with Gasteiger partial charge in [0.2, 0.25) is 5.91 Å². The van der Waals surface area contributed by atoms with Crippen molar-refractivity contribution >= 4 is 34.6 Å². The molecule has 2 aromatic carbocycles. The molecule has 1 aliphatic heterocycles. The van der Waals surface area contributed by atoms with E-state index in [1.54, 1.807) is 25.3 Å². The molecule has 0 radical (unpaired) electrons. The molecular formula is C28H30ClN5O3. The number of hydrogen-bond donors (Lipinski definition) is 2. The molecule has 0 saturated heterocycles. The van der Waals surface area contributed by atoms with Crippen molar-refractivity contribution in [2.45, 2.75) is 32.9 Å². The number of carbonyl (C=O) groups is 1. The molecule has 3 aromatic rings. The lowest BCUT2D eigenvalue weighted by Crippen LogP contribution is -2.37. The Morgan fingerprint density at radius 2 is 2.03 bits per heavy atom. The van der Waals surface area contributed by atoms with Crippen molar-refractivity contribution in [2.24, 2.45) is 5.92 Å². The van der Waals surface area contributed by atoms with Crippen molar-refractivity contribution in [3.8, 4) is 17.6 Å². The fraction of sp³-hybridized carbons (Fsp3) is 0.321. The van der Waals surface area contributed by atoms with Gasteiger partial charge in [0.25, 0.3) is 0 Å². The van der Waals surface area contributed by atoms with E-state index in [2.05, 4.69) is 21.7 Å². The van der Waals surface area contributed by atoms with E-state index < -0.39 is 0 Å². The van der Waals surface area contributed by atoms with E-state index >= 15 is 0 Å². The zero-order valence-electron chi connectivity index (χ0n) is 21.1. The SMILES string of the molecule is CCOc1cc2c(cc1NC(=O)CC)C(Nc1ccc(OCc3ccccn3)c(Cl)c1)C(C#N)CN2C. The lowest BCUT2D eigenvalue weighted by Gasteiger charge is -2.38. The molecule has 2 atom stereocenters. The molecule has 1 aliphatic rings. The average molecular weight is 520 g/mol. The van der Waals surface area contributed by atoms with Crippen LogP contribution in [-0.2, 0) is 11.4 Å². The van der Waals surface area contributed by atoms with Gasteiger partial charge in [-0.2, -0.15) is 5.26 Å². The second kappa shape index (κ2) is 11.8. The highest BCUT2D eigenvalue weighted by molar-refractivity contribution is 6.32. The van der Waals surface area contributed by atoms with E-state index in [1.807, 2.05) is 55.3 Å². The molecule has 1 aromatic heterocycles. The maximum Gasteiger partial charge on any atom is 0.224 e. The fourth-order valence-corrected chi connectivity index (χ4v) is 4.54. The first-order valence-electron chi connectivity index (χ1n) is 12.2. The second-order valence-electron chi connectivity index (χ2n) is 8.74. The van der Waals surface area contributed by atoms with Gasteiger partial charge in [-0.1, -0.05) is 24.6 Å². The predicted molar refractivity (Wildman–Crippen MR) is 145 cm³/mol. The van der Waals surface area contributed by atoms with Crippen LogP contribution in [0.5, 0.6) is 11.5 Å². The molecule has 0 fully saturated rings. The van der Waals surface area contributed by atoms with E-state index in [0.717, 1.165) is 22.6 Å². The lowest BCUT2D eigenvalue weighted by atomic mass is 9.87. The Hall–Kier alpha value is -3.96. The van der Waals surface area contributed by atoms with Gasteiger partial charge < -0.3 is 25.0 Å². The summed E-state index contributed by atoms with van der Waals surface area (Å²) in [4.78, 5) is 18.5. The van der Waals surface area contributed by atoms with E-state index in [9.17, 15) is 10.1 Å². The molecule has 0 spiro atoms. The van der Waals surface area contributed by atoms with Crippen LogP contribution in [0, 0.1) is 17.2 Å². The third-order valence-corrected chi connectivity index (χ3v) is 6.46.